The third-order valence-corrected chi connectivity index (χ3v) is 4.28. The third-order valence-electron chi connectivity index (χ3n) is 2.63. The minimum atomic E-state index is -4.29. The Kier molecular flexibility index (Phi) is 5.79. The van der Waals surface area contributed by atoms with Crippen LogP contribution in [0.5, 0.6) is 0 Å². The topological polar surface area (TPSA) is 63.2 Å². The predicted octanol–water partition coefficient (Wildman–Crippen LogP) is 3.33. The van der Waals surface area contributed by atoms with Crippen molar-refractivity contribution < 1.29 is 17.6 Å². The van der Waals surface area contributed by atoms with Gasteiger partial charge in [-0.1, -0.05) is 24.9 Å². The highest BCUT2D eigenvalue weighted by Gasteiger charge is 2.22. The summed E-state index contributed by atoms with van der Waals surface area (Å²) in [6.07, 6.45) is 1.63. The Balaban J connectivity index is 3.16. The Hall–Kier alpha value is -0.850. The lowest BCUT2D eigenvalue weighted by Gasteiger charge is -2.14. The van der Waals surface area contributed by atoms with Crippen molar-refractivity contribution in [3.05, 3.63) is 28.5 Å². The number of hydrogen-bond acceptors (Lipinski definition) is 3. The second-order valence-electron chi connectivity index (χ2n) is 4.36. The summed E-state index contributed by atoms with van der Waals surface area (Å²) in [4.78, 5) is 11.2. The first-order chi connectivity index (χ1) is 9.16. The van der Waals surface area contributed by atoms with Gasteiger partial charge in [0.1, 0.15) is 10.7 Å². The Morgan fingerprint density at radius 1 is 1.45 bits per heavy atom. The van der Waals surface area contributed by atoms with E-state index in [1.54, 1.807) is 6.92 Å². The molecule has 1 aromatic carbocycles. The lowest BCUT2D eigenvalue weighted by molar-refractivity contribution is 0.0938. The smallest absolute Gasteiger partial charge is 0.264 e. The lowest BCUT2D eigenvalue weighted by atomic mass is 10.1. The summed E-state index contributed by atoms with van der Waals surface area (Å²) in [6, 6.07) is 1.49. The maximum atomic E-state index is 13.5. The van der Waals surface area contributed by atoms with Crippen molar-refractivity contribution in [3.8, 4) is 0 Å². The van der Waals surface area contributed by atoms with E-state index in [0.717, 1.165) is 25.0 Å². The van der Waals surface area contributed by atoms with E-state index in [1.165, 1.54) is 0 Å². The molecule has 4 nitrogen and oxygen atoms in total. The first-order valence-electron chi connectivity index (χ1n) is 5.91. The first kappa shape index (κ1) is 17.2. The largest absolute Gasteiger partial charge is 0.350 e. The molecule has 0 aliphatic carbocycles. The van der Waals surface area contributed by atoms with Crippen LogP contribution >= 0.6 is 22.3 Å². The highest BCUT2D eigenvalue weighted by atomic mass is 35.7. The first-order valence-corrected chi connectivity index (χ1v) is 8.60. The molecule has 1 aromatic rings. The van der Waals surface area contributed by atoms with Gasteiger partial charge in [0.2, 0.25) is 0 Å². The number of carbonyl (C=O) groups excluding carboxylic acids is 1. The fourth-order valence-corrected chi connectivity index (χ4v) is 2.84. The summed E-state index contributed by atoms with van der Waals surface area (Å²) in [5, 5.41) is 2.48. The molecular formula is C12H14Cl2FNO3S. The van der Waals surface area contributed by atoms with Gasteiger partial charge in [0.15, 0.2) is 0 Å². The highest BCUT2D eigenvalue weighted by molar-refractivity contribution is 8.13. The van der Waals surface area contributed by atoms with E-state index in [1.807, 2.05) is 6.92 Å². The highest BCUT2D eigenvalue weighted by Crippen LogP contribution is 2.26. The maximum absolute atomic E-state index is 13.5. The van der Waals surface area contributed by atoms with Crippen LogP contribution in [0.25, 0.3) is 0 Å². The second kappa shape index (κ2) is 6.74. The molecule has 0 bridgehead atoms. The standard InChI is InChI=1S/C12H14Cl2FNO3S/c1-3-4-7(2)16-12(17)8-5-11(20(14,18)19)10(15)6-9(8)13/h5-7H,3-4H2,1-2H3,(H,16,17). The number of hydrogen-bond donors (Lipinski definition) is 1. The molecule has 0 aromatic heterocycles. The molecule has 1 unspecified atom stereocenters. The minimum Gasteiger partial charge on any atom is -0.350 e. The fourth-order valence-electron chi connectivity index (χ4n) is 1.70. The van der Waals surface area contributed by atoms with Crippen LogP contribution in [0.2, 0.25) is 5.02 Å². The number of carbonyl (C=O) groups is 1. The SMILES string of the molecule is CCCC(C)NC(=O)c1cc(S(=O)(=O)Cl)c(F)cc1Cl. The number of amides is 1. The molecule has 0 saturated heterocycles. The van der Waals surface area contributed by atoms with Gasteiger partial charge in [-0.3, -0.25) is 4.79 Å². The maximum Gasteiger partial charge on any atom is 0.264 e. The molecule has 8 heteroatoms. The molecule has 0 radical (unpaired) electrons. The summed E-state index contributed by atoms with van der Waals surface area (Å²) >= 11 is 5.77. The fraction of sp³-hybridized carbons (Fsp3) is 0.417. The molecule has 1 N–H and O–H groups in total. The van der Waals surface area contributed by atoms with Crippen molar-refractivity contribution in [1.82, 2.24) is 5.32 Å². The van der Waals surface area contributed by atoms with Crippen molar-refractivity contribution in [1.29, 1.82) is 0 Å². The second-order valence-corrected chi connectivity index (χ2v) is 7.31. The summed E-state index contributed by atoms with van der Waals surface area (Å²) in [5.41, 5.74) is -0.129. The Morgan fingerprint density at radius 3 is 2.55 bits per heavy atom. The van der Waals surface area contributed by atoms with E-state index in [4.69, 9.17) is 22.3 Å². The molecule has 20 heavy (non-hydrogen) atoms. The molecule has 0 saturated carbocycles. The molecule has 0 aliphatic rings. The van der Waals surface area contributed by atoms with Crippen LogP contribution < -0.4 is 5.32 Å². The molecule has 0 spiro atoms. The van der Waals surface area contributed by atoms with Gasteiger partial charge in [-0.25, -0.2) is 12.8 Å². The average Bonchev–Trinajstić information content (AvgIpc) is 2.26. The van der Waals surface area contributed by atoms with E-state index in [0.29, 0.717) is 0 Å². The van der Waals surface area contributed by atoms with Crippen molar-refractivity contribution >= 4 is 37.2 Å². The van der Waals surface area contributed by atoms with Crippen molar-refractivity contribution in [2.24, 2.45) is 0 Å². The third kappa shape index (κ3) is 4.33. The molecule has 1 atom stereocenters. The van der Waals surface area contributed by atoms with Crippen molar-refractivity contribution in [3.63, 3.8) is 0 Å². The monoisotopic (exact) mass is 341 g/mol. The molecule has 0 aliphatic heterocycles. The minimum absolute atomic E-state index is 0.107. The molecule has 112 valence electrons. The summed E-state index contributed by atoms with van der Waals surface area (Å²) in [6.45, 7) is 3.77. The molecular weight excluding hydrogens is 328 g/mol. The molecule has 1 rings (SSSR count). The normalized spacial score (nSPS) is 13.1. The van der Waals surface area contributed by atoms with Crippen LogP contribution in [0.3, 0.4) is 0 Å². The quantitative estimate of drug-likeness (QED) is 0.835. The number of benzene rings is 1. The van der Waals surface area contributed by atoms with Gasteiger partial charge in [-0.15, -0.1) is 0 Å². The predicted molar refractivity (Wildman–Crippen MR) is 76.3 cm³/mol. The van der Waals surface area contributed by atoms with E-state index in [-0.39, 0.29) is 16.6 Å². The Bertz CT molecular complexity index is 619. The van der Waals surface area contributed by atoms with Gasteiger partial charge < -0.3 is 5.32 Å². The van der Waals surface area contributed by atoms with E-state index >= 15 is 0 Å². The van der Waals surface area contributed by atoms with Crippen LogP contribution in [-0.4, -0.2) is 20.4 Å². The van der Waals surface area contributed by atoms with E-state index < -0.39 is 25.7 Å². The van der Waals surface area contributed by atoms with E-state index in [9.17, 15) is 17.6 Å². The zero-order chi connectivity index (χ0) is 15.5. The zero-order valence-corrected chi connectivity index (χ0v) is 13.2. The zero-order valence-electron chi connectivity index (χ0n) is 10.9. The van der Waals surface area contributed by atoms with Gasteiger partial charge in [0.05, 0.1) is 10.6 Å². The van der Waals surface area contributed by atoms with Gasteiger partial charge in [-0.05, 0) is 25.5 Å². The molecule has 1 amide bonds. The van der Waals surface area contributed by atoms with Crippen molar-refractivity contribution in [2.45, 2.75) is 37.6 Å². The van der Waals surface area contributed by atoms with Gasteiger partial charge in [-0.2, -0.15) is 0 Å². The lowest BCUT2D eigenvalue weighted by Crippen LogP contribution is -2.32. The van der Waals surface area contributed by atoms with Crippen LogP contribution in [0.1, 0.15) is 37.0 Å². The van der Waals surface area contributed by atoms with Crippen LogP contribution in [0.4, 0.5) is 4.39 Å². The number of halogens is 3. The van der Waals surface area contributed by atoms with E-state index in [2.05, 4.69) is 5.32 Å². The summed E-state index contributed by atoms with van der Waals surface area (Å²) in [7, 11) is 0.819. The van der Waals surface area contributed by atoms with Crippen LogP contribution in [0.15, 0.2) is 17.0 Å². The Morgan fingerprint density at radius 2 is 2.05 bits per heavy atom. The molecule has 0 heterocycles. The molecule has 0 fully saturated rings. The van der Waals surface area contributed by atoms with Gasteiger partial charge >= 0.3 is 0 Å². The van der Waals surface area contributed by atoms with Gasteiger partial charge in [0, 0.05) is 16.7 Å². The summed E-state index contributed by atoms with van der Waals surface area (Å²) in [5.74, 6) is -1.67. The summed E-state index contributed by atoms with van der Waals surface area (Å²) < 4.78 is 35.9. The van der Waals surface area contributed by atoms with Crippen LogP contribution in [0, 0.1) is 5.82 Å². The van der Waals surface area contributed by atoms with Crippen LogP contribution in [-0.2, 0) is 9.05 Å². The van der Waals surface area contributed by atoms with Gasteiger partial charge in [0.25, 0.3) is 15.0 Å². The number of rotatable bonds is 5. The average molecular weight is 342 g/mol. The van der Waals surface area contributed by atoms with Crippen molar-refractivity contribution in [2.75, 3.05) is 0 Å². The Labute approximate surface area is 126 Å². The number of nitrogens with one attached hydrogen (secondary N) is 1.